The van der Waals surface area contributed by atoms with Crippen molar-refractivity contribution in [2.75, 3.05) is 6.54 Å². The Morgan fingerprint density at radius 2 is 1.97 bits per heavy atom. The summed E-state index contributed by atoms with van der Waals surface area (Å²) in [6, 6.07) is 8.45. The van der Waals surface area contributed by atoms with Crippen LogP contribution in [0.5, 0.6) is 0 Å². The molecule has 0 fully saturated rings. The number of hydrogen-bond donors (Lipinski definition) is 2. The van der Waals surface area contributed by atoms with Crippen molar-refractivity contribution in [2.24, 2.45) is 17.8 Å². The van der Waals surface area contributed by atoms with E-state index >= 15 is 0 Å². The average molecular weight is 428 g/mol. The number of aryl methyl sites for hydroxylation is 1. The fourth-order valence-corrected chi connectivity index (χ4v) is 4.42. The highest BCUT2D eigenvalue weighted by atomic mass is 28.4. The molecule has 3 N–H and O–H groups in total. The van der Waals surface area contributed by atoms with E-state index in [0.29, 0.717) is 6.54 Å². The van der Waals surface area contributed by atoms with E-state index in [1.54, 1.807) is 8.05 Å². The van der Waals surface area contributed by atoms with Gasteiger partial charge in [0.2, 0.25) is 0 Å². The van der Waals surface area contributed by atoms with E-state index in [1.165, 1.54) is 12.0 Å². The van der Waals surface area contributed by atoms with Gasteiger partial charge < -0.3 is 19.8 Å². The van der Waals surface area contributed by atoms with Crippen LogP contribution in [-0.2, 0) is 18.1 Å². The second kappa shape index (κ2) is 9.94. The molecule has 2 unspecified atom stereocenters. The van der Waals surface area contributed by atoms with Gasteiger partial charge in [-0.3, -0.25) is 4.99 Å². The number of rotatable bonds is 10. The molecule has 30 heavy (non-hydrogen) atoms. The minimum absolute atomic E-state index is 0.0146. The smallest absolute Gasteiger partial charge is 0.323 e. The van der Waals surface area contributed by atoms with Crippen molar-refractivity contribution < 1.29 is 9.45 Å². The van der Waals surface area contributed by atoms with Crippen LogP contribution in [0.15, 0.2) is 35.5 Å². The molecular formula is C22H37BN4O2Si. The molecule has 0 radical (unpaired) electrons. The highest BCUT2D eigenvalue weighted by Crippen LogP contribution is 2.43. The Morgan fingerprint density at radius 1 is 1.33 bits per heavy atom. The van der Waals surface area contributed by atoms with E-state index in [4.69, 9.17) is 15.4 Å². The van der Waals surface area contributed by atoms with Gasteiger partial charge in [-0.15, -0.1) is 0 Å². The lowest BCUT2D eigenvalue weighted by Gasteiger charge is -2.36. The predicted octanol–water partition coefficient (Wildman–Crippen LogP) is 3.02. The molecule has 1 heterocycles. The summed E-state index contributed by atoms with van der Waals surface area (Å²) in [4.78, 5) is 19.9. The molecule has 0 aliphatic rings. The van der Waals surface area contributed by atoms with Crippen molar-refractivity contribution in [3.8, 4) is 11.3 Å². The van der Waals surface area contributed by atoms with E-state index < -0.39 is 8.32 Å². The number of benzene rings is 1. The van der Waals surface area contributed by atoms with Crippen LogP contribution in [-0.4, -0.2) is 49.7 Å². The van der Waals surface area contributed by atoms with Crippen molar-refractivity contribution in [1.29, 1.82) is 0 Å². The monoisotopic (exact) mass is 428 g/mol. The van der Waals surface area contributed by atoms with Crippen LogP contribution in [0.25, 0.3) is 11.3 Å². The molecule has 0 bridgehead atoms. The summed E-state index contributed by atoms with van der Waals surface area (Å²) in [7, 11) is 1.38. The lowest BCUT2D eigenvalue weighted by atomic mass is 9.97. The zero-order valence-electron chi connectivity index (χ0n) is 19.5. The van der Waals surface area contributed by atoms with Crippen LogP contribution in [0.1, 0.15) is 44.5 Å². The third-order valence-electron chi connectivity index (χ3n) is 6.20. The third kappa shape index (κ3) is 6.06. The fraction of sp³-hybridized carbons (Fsp3) is 0.545. The molecule has 2 atom stereocenters. The maximum atomic E-state index is 10.6. The molecule has 2 aromatic rings. The van der Waals surface area contributed by atoms with E-state index in [0.717, 1.165) is 29.9 Å². The van der Waals surface area contributed by atoms with Gasteiger partial charge in [0, 0.05) is 31.3 Å². The first-order valence-corrected chi connectivity index (χ1v) is 13.5. The third-order valence-corrected chi connectivity index (χ3v) is 9.71. The van der Waals surface area contributed by atoms with Crippen molar-refractivity contribution in [3.05, 3.63) is 41.9 Å². The Kier molecular flexibility index (Phi) is 8.07. The Balaban J connectivity index is 2.15. The Labute approximate surface area is 183 Å². The Hall–Kier alpha value is -1.90. The lowest BCUT2D eigenvalue weighted by molar-refractivity contribution is 0.422. The van der Waals surface area contributed by atoms with Crippen molar-refractivity contribution in [1.82, 2.24) is 9.55 Å². The number of aromatic nitrogens is 2. The summed E-state index contributed by atoms with van der Waals surface area (Å²) >= 11 is 0. The van der Waals surface area contributed by atoms with Gasteiger partial charge in [-0.25, -0.2) is 4.98 Å². The predicted molar refractivity (Wildman–Crippen MR) is 130 cm³/mol. The Morgan fingerprint density at radius 3 is 2.50 bits per heavy atom. The van der Waals surface area contributed by atoms with Gasteiger partial charge in [-0.1, -0.05) is 45.0 Å². The van der Waals surface area contributed by atoms with Crippen molar-refractivity contribution >= 4 is 22.8 Å². The number of nitrogens with zero attached hydrogens (tertiary/aromatic N) is 3. The SMILES string of the molecule is BOC=NC(CN)Cc1ccc(-c2cn(C)c(C(C)CC(C)(C)[Si](C)(C)O)n2)cc1. The molecule has 0 aliphatic heterocycles. The van der Waals surface area contributed by atoms with Gasteiger partial charge in [0.25, 0.3) is 0 Å². The van der Waals surface area contributed by atoms with Crippen LogP contribution in [0.3, 0.4) is 0 Å². The summed E-state index contributed by atoms with van der Waals surface area (Å²) in [5.74, 6) is 1.32. The van der Waals surface area contributed by atoms with Gasteiger partial charge in [0.05, 0.1) is 11.7 Å². The maximum Gasteiger partial charge on any atom is 0.323 e. The summed E-state index contributed by atoms with van der Waals surface area (Å²) < 4.78 is 7.01. The Bertz CT molecular complexity index is 844. The zero-order valence-corrected chi connectivity index (χ0v) is 20.5. The van der Waals surface area contributed by atoms with Crippen LogP contribution >= 0.6 is 0 Å². The first-order valence-electron chi connectivity index (χ1n) is 10.6. The minimum Gasteiger partial charge on any atom is -0.560 e. The molecule has 0 saturated heterocycles. The molecule has 0 spiro atoms. The molecule has 0 saturated carbocycles. The minimum atomic E-state index is -2.25. The second-order valence-electron chi connectivity index (χ2n) is 9.42. The quantitative estimate of drug-likeness (QED) is 0.346. The van der Waals surface area contributed by atoms with Crippen molar-refractivity contribution in [2.45, 2.75) is 63.7 Å². The van der Waals surface area contributed by atoms with Crippen LogP contribution in [0, 0.1) is 0 Å². The molecule has 0 amide bonds. The van der Waals surface area contributed by atoms with Crippen LogP contribution in [0.4, 0.5) is 0 Å². The molecule has 6 nitrogen and oxygen atoms in total. The first kappa shape index (κ1) is 24.4. The standard InChI is InChI=1S/C22H37BN4O2Si/c1-16(12-22(2,3)30(5,6)28)21-26-20(14-27(21)4)18-9-7-17(8-10-18)11-19(13-24)25-15-29-23/h7-10,14-16,19,28H,11-13,23-24H2,1-6H3. The van der Waals surface area contributed by atoms with E-state index in [1.807, 2.05) is 20.1 Å². The lowest BCUT2D eigenvalue weighted by Crippen LogP contribution is -2.39. The topological polar surface area (TPSA) is 85.7 Å². The molecule has 2 rings (SSSR count). The van der Waals surface area contributed by atoms with Gasteiger partial charge in [0.1, 0.15) is 5.82 Å². The summed E-state index contributed by atoms with van der Waals surface area (Å²) in [5.41, 5.74) is 9.05. The molecule has 8 heteroatoms. The van der Waals surface area contributed by atoms with Crippen LogP contribution < -0.4 is 5.73 Å². The maximum absolute atomic E-state index is 10.6. The average Bonchev–Trinajstić information content (AvgIpc) is 3.06. The molecule has 164 valence electrons. The molecular weight excluding hydrogens is 391 g/mol. The molecule has 0 aliphatic carbocycles. The summed E-state index contributed by atoms with van der Waals surface area (Å²) in [6.07, 6.45) is 5.22. The zero-order chi connectivity index (χ0) is 22.5. The highest BCUT2D eigenvalue weighted by molar-refractivity contribution is 6.72. The van der Waals surface area contributed by atoms with Gasteiger partial charge >= 0.3 is 8.05 Å². The number of aliphatic imine (C=N–C) groups is 1. The second-order valence-corrected chi connectivity index (χ2v) is 13.9. The van der Waals surface area contributed by atoms with Crippen LogP contribution in [0.2, 0.25) is 18.1 Å². The van der Waals surface area contributed by atoms with Gasteiger partial charge in [-0.05, 0) is 36.5 Å². The number of nitrogens with two attached hydrogens (primary N) is 1. The number of hydrogen-bond acceptors (Lipinski definition) is 5. The molecule has 1 aromatic heterocycles. The summed E-state index contributed by atoms with van der Waals surface area (Å²) in [6.45, 7) is 11.0. The van der Waals surface area contributed by atoms with E-state index in [2.05, 4.69) is 60.8 Å². The van der Waals surface area contributed by atoms with Crippen molar-refractivity contribution in [3.63, 3.8) is 0 Å². The highest BCUT2D eigenvalue weighted by Gasteiger charge is 2.39. The van der Waals surface area contributed by atoms with Gasteiger partial charge in [0.15, 0.2) is 14.7 Å². The van der Waals surface area contributed by atoms with E-state index in [9.17, 15) is 4.80 Å². The first-order chi connectivity index (χ1) is 14.0. The molecule has 1 aromatic carbocycles. The number of imidazole rings is 1. The largest absolute Gasteiger partial charge is 0.560 e. The fourth-order valence-electron chi connectivity index (χ4n) is 3.61. The van der Waals surface area contributed by atoms with E-state index in [-0.39, 0.29) is 17.0 Å². The van der Waals surface area contributed by atoms with Gasteiger partial charge in [-0.2, -0.15) is 0 Å². The normalized spacial score (nSPS) is 14.8. The summed E-state index contributed by atoms with van der Waals surface area (Å²) in [5, 5.41) is -0.0784.